The zero-order chi connectivity index (χ0) is 13.6. The van der Waals surface area contributed by atoms with Gasteiger partial charge in [-0.1, -0.05) is 0 Å². The van der Waals surface area contributed by atoms with Gasteiger partial charge < -0.3 is 14.8 Å². The van der Waals surface area contributed by atoms with Gasteiger partial charge in [0, 0.05) is 19.6 Å². The van der Waals surface area contributed by atoms with Crippen molar-refractivity contribution in [3.05, 3.63) is 22.2 Å². The number of hydrogen-bond acceptors (Lipinski definition) is 4. The molecule has 1 spiro atoms. The Kier molecular flexibility index (Phi) is 4.37. The van der Waals surface area contributed by atoms with Crippen LogP contribution in [0.15, 0.2) is 16.6 Å². The highest BCUT2D eigenvalue weighted by Gasteiger charge is 2.40. The summed E-state index contributed by atoms with van der Waals surface area (Å²) in [7, 11) is 0. The molecule has 4 nitrogen and oxygen atoms in total. The topological polar surface area (TPSA) is 33.7 Å². The highest BCUT2D eigenvalue weighted by Crippen LogP contribution is 2.41. The van der Waals surface area contributed by atoms with Crippen LogP contribution in [0.3, 0.4) is 0 Å². The molecule has 2 fully saturated rings. The molecule has 3 aliphatic heterocycles. The third-order valence-corrected chi connectivity index (χ3v) is 5.33. The van der Waals surface area contributed by atoms with Gasteiger partial charge in [0.2, 0.25) is 6.79 Å². The molecule has 1 unspecified atom stereocenters. The first-order valence-electron chi connectivity index (χ1n) is 7.25. The zero-order valence-corrected chi connectivity index (χ0v) is 14.3. The largest absolute Gasteiger partial charge is 0.454 e. The van der Waals surface area contributed by atoms with E-state index in [-0.39, 0.29) is 12.4 Å². The molecule has 0 aromatic heterocycles. The van der Waals surface area contributed by atoms with Crippen LogP contribution in [0.25, 0.3) is 0 Å². The van der Waals surface area contributed by atoms with E-state index in [1.165, 1.54) is 44.6 Å². The average Bonchev–Trinajstić information content (AvgIpc) is 3.12. The van der Waals surface area contributed by atoms with Gasteiger partial charge in [-0.05, 0) is 65.0 Å². The summed E-state index contributed by atoms with van der Waals surface area (Å²) in [5, 5.41) is 3.51. The van der Waals surface area contributed by atoms with Gasteiger partial charge in [0.1, 0.15) is 0 Å². The second-order valence-electron chi connectivity index (χ2n) is 6.20. The molecule has 2 saturated heterocycles. The van der Waals surface area contributed by atoms with E-state index in [9.17, 15) is 0 Å². The first-order chi connectivity index (χ1) is 9.74. The second kappa shape index (κ2) is 5.95. The van der Waals surface area contributed by atoms with Crippen molar-refractivity contribution in [2.75, 3.05) is 33.0 Å². The minimum absolute atomic E-state index is 0. The Hall–Kier alpha value is -0.490. The Morgan fingerprint density at radius 2 is 2.19 bits per heavy atom. The van der Waals surface area contributed by atoms with Crippen LogP contribution in [-0.2, 0) is 6.54 Å². The first kappa shape index (κ1) is 15.4. The third kappa shape index (κ3) is 2.89. The molecular formula is C15H20BrClN2O2. The lowest BCUT2D eigenvalue weighted by atomic mass is 9.86. The summed E-state index contributed by atoms with van der Waals surface area (Å²) in [5.74, 6) is 1.71. The van der Waals surface area contributed by atoms with Crippen LogP contribution in [0.1, 0.15) is 18.4 Å². The fourth-order valence-electron chi connectivity index (χ4n) is 3.68. The smallest absolute Gasteiger partial charge is 0.231 e. The van der Waals surface area contributed by atoms with Crippen molar-refractivity contribution >= 4 is 28.3 Å². The van der Waals surface area contributed by atoms with Gasteiger partial charge >= 0.3 is 0 Å². The number of hydrogen-bond donors (Lipinski definition) is 1. The van der Waals surface area contributed by atoms with Crippen LogP contribution in [0.2, 0.25) is 0 Å². The Morgan fingerprint density at radius 3 is 3.00 bits per heavy atom. The van der Waals surface area contributed by atoms with E-state index in [1.807, 2.05) is 0 Å². The number of rotatable bonds is 2. The standard InChI is InChI=1S/C15H19BrN2O2.ClH/c16-12-5-11(6-13-14(12)20-10-19-13)7-18-4-2-15(9-18)1-3-17-8-15;/h5-6,17H,1-4,7-10H2;1H. The van der Waals surface area contributed by atoms with Gasteiger partial charge in [0.15, 0.2) is 11.5 Å². The molecule has 3 aliphatic rings. The highest BCUT2D eigenvalue weighted by molar-refractivity contribution is 9.10. The van der Waals surface area contributed by atoms with Crippen molar-refractivity contribution in [1.29, 1.82) is 0 Å². The third-order valence-electron chi connectivity index (χ3n) is 4.74. The monoisotopic (exact) mass is 374 g/mol. The van der Waals surface area contributed by atoms with Gasteiger partial charge in [-0.15, -0.1) is 12.4 Å². The van der Waals surface area contributed by atoms with E-state index in [0.29, 0.717) is 12.2 Å². The molecule has 1 aromatic rings. The van der Waals surface area contributed by atoms with E-state index in [2.05, 4.69) is 38.3 Å². The van der Waals surface area contributed by atoms with E-state index in [0.717, 1.165) is 22.5 Å². The minimum atomic E-state index is 0. The average molecular weight is 376 g/mol. The van der Waals surface area contributed by atoms with Gasteiger partial charge in [0.25, 0.3) is 0 Å². The van der Waals surface area contributed by atoms with Crippen molar-refractivity contribution < 1.29 is 9.47 Å². The fraction of sp³-hybridized carbons (Fsp3) is 0.600. The van der Waals surface area contributed by atoms with Crippen molar-refractivity contribution in [3.8, 4) is 11.5 Å². The molecule has 3 heterocycles. The molecule has 4 rings (SSSR count). The number of nitrogens with zero attached hydrogens (tertiary/aromatic N) is 1. The van der Waals surface area contributed by atoms with Crippen LogP contribution in [-0.4, -0.2) is 37.9 Å². The molecule has 6 heteroatoms. The Balaban J connectivity index is 0.00000132. The maximum absolute atomic E-state index is 5.50. The fourth-order valence-corrected chi connectivity index (χ4v) is 4.28. The van der Waals surface area contributed by atoms with Gasteiger partial charge in [-0.3, -0.25) is 4.90 Å². The summed E-state index contributed by atoms with van der Waals surface area (Å²) in [6.07, 6.45) is 2.65. The van der Waals surface area contributed by atoms with E-state index >= 15 is 0 Å². The molecule has 0 amide bonds. The molecule has 0 radical (unpaired) electrons. The molecule has 1 atom stereocenters. The van der Waals surface area contributed by atoms with Crippen LogP contribution in [0.4, 0.5) is 0 Å². The molecular weight excluding hydrogens is 356 g/mol. The number of likely N-dealkylation sites (tertiary alicyclic amines) is 1. The van der Waals surface area contributed by atoms with Gasteiger partial charge in [-0.25, -0.2) is 0 Å². The summed E-state index contributed by atoms with van der Waals surface area (Å²) in [6, 6.07) is 4.27. The highest BCUT2D eigenvalue weighted by atomic mass is 79.9. The van der Waals surface area contributed by atoms with Crippen molar-refractivity contribution in [2.45, 2.75) is 19.4 Å². The number of nitrogens with one attached hydrogen (secondary N) is 1. The quantitative estimate of drug-likeness (QED) is 0.862. The normalized spacial score (nSPS) is 27.3. The SMILES string of the molecule is Brc1cc(CN2CCC3(CCNC3)C2)cc2c1OCO2.Cl. The minimum Gasteiger partial charge on any atom is -0.454 e. The molecule has 0 aliphatic carbocycles. The summed E-state index contributed by atoms with van der Waals surface area (Å²) in [5.41, 5.74) is 1.83. The molecule has 0 saturated carbocycles. The summed E-state index contributed by atoms with van der Waals surface area (Å²) in [4.78, 5) is 2.57. The van der Waals surface area contributed by atoms with Crippen LogP contribution in [0, 0.1) is 5.41 Å². The van der Waals surface area contributed by atoms with Crippen LogP contribution < -0.4 is 14.8 Å². The second-order valence-corrected chi connectivity index (χ2v) is 7.05. The maximum atomic E-state index is 5.50. The molecule has 21 heavy (non-hydrogen) atoms. The maximum Gasteiger partial charge on any atom is 0.231 e. The Morgan fingerprint density at radius 1 is 1.29 bits per heavy atom. The lowest BCUT2D eigenvalue weighted by Gasteiger charge is -2.23. The molecule has 0 bridgehead atoms. The number of ether oxygens (including phenoxy) is 2. The lowest BCUT2D eigenvalue weighted by molar-refractivity contribution is 0.173. The lowest BCUT2D eigenvalue weighted by Crippen LogP contribution is -2.28. The molecule has 116 valence electrons. The Labute approximate surface area is 139 Å². The van der Waals surface area contributed by atoms with Crippen molar-refractivity contribution in [1.82, 2.24) is 10.2 Å². The number of benzene rings is 1. The predicted octanol–water partition coefficient (Wildman–Crippen LogP) is 2.79. The van der Waals surface area contributed by atoms with E-state index < -0.39 is 0 Å². The zero-order valence-electron chi connectivity index (χ0n) is 11.9. The summed E-state index contributed by atoms with van der Waals surface area (Å²) >= 11 is 3.57. The Bertz CT molecular complexity index is 535. The molecule has 1 aromatic carbocycles. The summed E-state index contributed by atoms with van der Waals surface area (Å²) < 4.78 is 11.9. The van der Waals surface area contributed by atoms with Crippen molar-refractivity contribution in [2.24, 2.45) is 5.41 Å². The number of fused-ring (bicyclic) bond motifs is 1. The van der Waals surface area contributed by atoms with Crippen molar-refractivity contribution in [3.63, 3.8) is 0 Å². The van der Waals surface area contributed by atoms with E-state index in [1.54, 1.807) is 0 Å². The summed E-state index contributed by atoms with van der Waals surface area (Å²) in [6.45, 7) is 6.12. The van der Waals surface area contributed by atoms with E-state index in [4.69, 9.17) is 9.47 Å². The van der Waals surface area contributed by atoms with Crippen LogP contribution >= 0.6 is 28.3 Å². The van der Waals surface area contributed by atoms with Crippen LogP contribution in [0.5, 0.6) is 11.5 Å². The number of halogens is 2. The molecule has 1 N–H and O–H groups in total. The predicted molar refractivity (Wildman–Crippen MR) is 87.3 cm³/mol. The first-order valence-corrected chi connectivity index (χ1v) is 8.05. The van der Waals surface area contributed by atoms with Gasteiger partial charge in [-0.2, -0.15) is 0 Å². The van der Waals surface area contributed by atoms with Gasteiger partial charge in [0.05, 0.1) is 4.47 Å².